The molecule has 1 atom stereocenters. The lowest BCUT2D eigenvalue weighted by molar-refractivity contribution is -0.140. The molecule has 0 radical (unpaired) electrons. The molecule has 0 aromatic carbocycles. The summed E-state index contributed by atoms with van der Waals surface area (Å²) in [6.45, 7) is 1.37. The van der Waals surface area contributed by atoms with Crippen molar-refractivity contribution >= 4 is 83.0 Å². The van der Waals surface area contributed by atoms with E-state index in [9.17, 15) is 4.79 Å². The second-order valence-electron chi connectivity index (χ2n) is 1.53. The number of hydrogen-bond donors (Lipinski definition) is 0. The fourth-order valence-electron chi connectivity index (χ4n) is 0.283. The number of alkyl halides is 1. The Balaban J connectivity index is 4.15. The SMILES string of the molecule is CC(=O)OC(Br)C(I)=C(Br)I. The Hall–Kier alpha value is 1.63. The van der Waals surface area contributed by atoms with Crippen molar-refractivity contribution in [1.82, 2.24) is 0 Å². The molecule has 0 rings (SSSR count). The average Bonchev–Trinajstić information content (AvgIpc) is 1.84. The third-order valence-electron chi connectivity index (χ3n) is 0.649. The molecule has 0 heterocycles. The van der Waals surface area contributed by atoms with Crippen molar-refractivity contribution in [3.05, 3.63) is 6.07 Å². The maximum atomic E-state index is 10.5. The van der Waals surface area contributed by atoms with E-state index in [1.165, 1.54) is 6.92 Å². The summed E-state index contributed by atoms with van der Waals surface area (Å²) in [6, 6.07) is 0. The molecule has 0 aliphatic heterocycles. The van der Waals surface area contributed by atoms with Crippen molar-refractivity contribution in [2.24, 2.45) is 0 Å². The van der Waals surface area contributed by atoms with Gasteiger partial charge in [-0.2, -0.15) is 0 Å². The van der Waals surface area contributed by atoms with Gasteiger partial charge in [0.1, 0.15) is 0 Å². The van der Waals surface area contributed by atoms with Crippen LogP contribution in [0.1, 0.15) is 6.92 Å². The molecule has 0 aromatic heterocycles. The van der Waals surface area contributed by atoms with Gasteiger partial charge < -0.3 is 4.74 Å². The standard InChI is InChI=1S/C5H4Br2I2O2/c1-2(10)11-5(7)3(8)4(6)9/h5H,1H3. The highest BCUT2D eigenvalue weighted by Gasteiger charge is 2.12. The van der Waals surface area contributed by atoms with E-state index in [4.69, 9.17) is 4.74 Å². The van der Waals surface area contributed by atoms with Gasteiger partial charge in [-0.3, -0.25) is 4.79 Å². The van der Waals surface area contributed by atoms with E-state index in [0.717, 1.165) is 6.07 Å². The van der Waals surface area contributed by atoms with Crippen molar-refractivity contribution in [3.8, 4) is 0 Å². The summed E-state index contributed by atoms with van der Waals surface area (Å²) in [5.41, 5.74) is 0. The van der Waals surface area contributed by atoms with Gasteiger partial charge in [-0.1, -0.05) is 0 Å². The highest BCUT2D eigenvalue weighted by Crippen LogP contribution is 2.31. The van der Waals surface area contributed by atoms with Gasteiger partial charge in [-0.05, 0) is 77.0 Å². The summed E-state index contributed by atoms with van der Waals surface area (Å²) in [4.78, 5) is 10.5. The van der Waals surface area contributed by atoms with Crippen LogP contribution >= 0.6 is 77.0 Å². The lowest BCUT2D eigenvalue weighted by atomic mass is 10.7. The van der Waals surface area contributed by atoms with E-state index >= 15 is 0 Å². The van der Waals surface area contributed by atoms with Crippen LogP contribution in [0.5, 0.6) is 0 Å². The highest BCUT2D eigenvalue weighted by atomic mass is 127. The molecule has 0 fully saturated rings. The first-order valence-corrected chi connectivity index (χ1v) is 6.33. The molecule has 0 spiro atoms. The summed E-state index contributed by atoms with van der Waals surface area (Å²) >= 11 is 10.7. The third-order valence-corrected chi connectivity index (χ3v) is 6.04. The predicted molar refractivity (Wildman–Crippen MR) is 68.5 cm³/mol. The van der Waals surface area contributed by atoms with E-state index in [1.807, 2.05) is 0 Å². The minimum atomic E-state index is -0.341. The Bertz CT molecular complexity index is 189. The largest absolute Gasteiger partial charge is 0.445 e. The van der Waals surface area contributed by atoms with Gasteiger partial charge >= 0.3 is 5.97 Å². The second kappa shape index (κ2) is 6.14. The van der Waals surface area contributed by atoms with Gasteiger partial charge in [0.2, 0.25) is 0 Å². The number of ether oxygens (including phenoxy) is 1. The highest BCUT2D eigenvalue weighted by molar-refractivity contribution is 14.1. The van der Waals surface area contributed by atoms with Crippen molar-refractivity contribution in [3.63, 3.8) is 0 Å². The van der Waals surface area contributed by atoms with Gasteiger partial charge in [-0.25, -0.2) is 0 Å². The first-order valence-electron chi connectivity index (χ1n) is 2.47. The molecule has 6 heteroatoms. The predicted octanol–water partition coefficient (Wildman–Crippen LogP) is 3.70. The summed E-state index contributed by atoms with van der Waals surface area (Å²) < 4.78 is 6.70. The third kappa shape index (κ3) is 5.81. The first kappa shape index (κ1) is 12.6. The summed E-state index contributed by atoms with van der Waals surface area (Å²) in [5.74, 6) is -0.300. The fourth-order valence-corrected chi connectivity index (χ4v) is 2.13. The Morgan fingerprint density at radius 1 is 1.55 bits per heavy atom. The van der Waals surface area contributed by atoms with E-state index < -0.39 is 0 Å². The number of halogens is 4. The average molecular weight is 510 g/mol. The fraction of sp³-hybridized carbons (Fsp3) is 0.400. The molecule has 1 unspecified atom stereocenters. The molecule has 0 amide bonds. The van der Waals surface area contributed by atoms with Gasteiger partial charge in [0.05, 0.1) is 6.07 Å². The molecule has 64 valence electrons. The first-order chi connectivity index (χ1) is 4.95. The smallest absolute Gasteiger partial charge is 0.304 e. The normalized spacial score (nSPS) is 15.4. The Morgan fingerprint density at radius 2 is 2.00 bits per heavy atom. The van der Waals surface area contributed by atoms with Gasteiger partial charge in [-0.15, -0.1) is 0 Å². The summed E-state index contributed by atoms with van der Waals surface area (Å²) in [5, 5.41) is -0.341. The number of rotatable bonds is 2. The minimum Gasteiger partial charge on any atom is -0.445 e. The lowest BCUT2D eigenvalue weighted by Crippen LogP contribution is -2.08. The maximum absolute atomic E-state index is 10.5. The maximum Gasteiger partial charge on any atom is 0.304 e. The van der Waals surface area contributed by atoms with E-state index in [0.29, 0.717) is 0 Å². The number of hydrogen-bond acceptors (Lipinski definition) is 2. The molecular formula is C5H4Br2I2O2. The zero-order valence-corrected chi connectivity index (χ0v) is 12.9. The molecule has 0 aromatic rings. The molecule has 0 saturated carbocycles. The van der Waals surface area contributed by atoms with Crippen LogP contribution in [0.25, 0.3) is 0 Å². The van der Waals surface area contributed by atoms with E-state index in [2.05, 4.69) is 77.0 Å². The van der Waals surface area contributed by atoms with Crippen molar-refractivity contribution in [2.75, 3.05) is 0 Å². The molecule has 0 N–H and O–H groups in total. The van der Waals surface area contributed by atoms with Gasteiger partial charge in [0, 0.05) is 6.92 Å². The van der Waals surface area contributed by atoms with Crippen LogP contribution < -0.4 is 0 Å². The van der Waals surface area contributed by atoms with Crippen LogP contribution in [0.4, 0.5) is 0 Å². The van der Waals surface area contributed by atoms with Gasteiger partial charge in [0.25, 0.3) is 0 Å². The lowest BCUT2D eigenvalue weighted by Gasteiger charge is -2.08. The summed E-state index contributed by atoms with van der Waals surface area (Å²) in [6.07, 6.45) is 0. The number of carbonyl (C=O) groups excluding carboxylic acids is 1. The van der Waals surface area contributed by atoms with Crippen LogP contribution in [-0.2, 0) is 9.53 Å². The zero-order valence-electron chi connectivity index (χ0n) is 5.41. The number of esters is 1. The Kier molecular flexibility index (Phi) is 7.05. The monoisotopic (exact) mass is 508 g/mol. The molecule has 0 aliphatic rings. The van der Waals surface area contributed by atoms with Crippen molar-refractivity contribution < 1.29 is 9.53 Å². The second-order valence-corrected chi connectivity index (χ2v) is 6.88. The number of carbonyl (C=O) groups is 1. The Labute approximate surface area is 109 Å². The topological polar surface area (TPSA) is 26.3 Å². The summed E-state index contributed by atoms with van der Waals surface area (Å²) in [7, 11) is 0. The van der Waals surface area contributed by atoms with E-state index in [1.54, 1.807) is 0 Å². The van der Waals surface area contributed by atoms with Crippen LogP contribution in [-0.4, -0.2) is 11.0 Å². The van der Waals surface area contributed by atoms with Crippen molar-refractivity contribution in [2.45, 2.75) is 11.9 Å². The van der Waals surface area contributed by atoms with Gasteiger partial charge in [0.15, 0.2) is 5.01 Å². The Morgan fingerprint density at radius 3 is 2.27 bits per heavy atom. The van der Waals surface area contributed by atoms with Crippen LogP contribution in [0.2, 0.25) is 0 Å². The quantitative estimate of drug-likeness (QED) is 0.322. The van der Waals surface area contributed by atoms with Crippen LogP contribution in [0, 0.1) is 0 Å². The zero-order chi connectivity index (χ0) is 9.02. The van der Waals surface area contributed by atoms with Crippen LogP contribution in [0.15, 0.2) is 6.07 Å². The molecular weight excluding hydrogens is 506 g/mol. The minimum absolute atomic E-state index is 0.300. The molecule has 0 aliphatic carbocycles. The molecule has 11 heavy (non-hydrogen) atoms. The van der Waals surface area contributed by atoms with Crippen molar-refractivity contribution in [1.29, 1.82) is 0 Å². The molecule has 2 nitrogen and oxygen atoms in total. The molecule has 0 bridgehead atoms. The van der Waals surface area contributed by atoms with Crippen LogP contribution in [0.3, 0.4) is 0 Å². The molecule has 0 saturated heterocycles. The van der Waals surface area contributed by atoms with E-state index in [-0.39, 0.29) is 11.0 Å².